The van der Waals surface area contributed by atoms with Crippen molar-refractivity contribution in [1.82, 2.24) is 15.2 Å². The lowest BCUT2D eigenvalue weighted by molar-refractivity contribution is -0.125. The third-order valence-corrected chi connectivity index (χ3v) is 4.58. The smallest absolute Gasteiger partial charge is 0.237 e. The molecule has 1 amide bonds. The first-order chi connectivity index (χ1) is 11.2. The molecule has 2 aliphatic rings. The number of nitrogens with one attached hydrogen (secondary N) is 1. The van der Waals surface area contributed by atoms with Crippen LogP contribution in [0.5, 0.6) is 5.88 Å². The molecule has 2 fully saturated rings. The lowest BCUT2D eigenvalue weighted by Crippen LogP contribution is -2.41. The second kappa shape index (κ2) is 7.27. The number of rotatable bonds is 7. The van der Waals surface area contributed by atoms with Gasteiger partial charge in [0.1, 0.15) is 0 Å². The largest absolute Gasteiger partial charge is 0.477 e. The van der Waals surface area contributed by atoms with E-state index in [9.17, 15) is 4.79 Å². The van der Waals surface area contributed by atoms with Gasteiger partial charge in [0.25, 0.3) is 0 Å². The summed E-state index contributed by atoms with van der Waals surface area (Å²) in [6, 6.07) is 3.69. The van der Waals surface area contributed by atoms with Crippen LogP contribution in [-0.2, 0) is 16.1 Å². The van der Waals surface area contributed by atoms with Crippen molar-refractivity contribution < 1.29 is 14.3 Å². The topological polar surface area (TPSA) is 63.7 Å². The summed E-state index contributed by atoms with van der Waals surface area (Å²) in [7, 11) is 3.65. The van der Waals surface area contributed by atoms with Gasteiger partial charge in [0.15, 0.2) is 0 Å². The fourth-order valence-electron chi connectivity index (χ4n) is 2.86. The van der Waals surface area contributed by atoms with E-state index in [2.05, 4.69) is 10.3 Å². The molecule has 6 heteroatoms. The van der Waals surface area contributed by atoms with Crippen molar-refractivity contribution in [2.75, 3.05) is 27.3 Å². The highest BCUT2D eigenvalue weighted by atomic mass is 16.5. The van der Waals surface area contributed by atoms with Gasteiger partial charge in [-0.2, -0.15) is 0 Å². The molecule has 0 aromatic carbocycles. The van der Waals surface area contributed by atoms with Crippen molar-refractivity contribution in [2.45, 2.75) is 38.0 Å². The zero-order chi connectivity index (χ0) is 16.2. The molecule has 6 nitrogen and oxygen atoms in total. The summed E-state index contributed by atoms with van der Waals surface area (Å²) < 4.78 is 11.0. The van der Waals surface area contributed by atoms with E-state index in [1.807, 2.05) is 24.1 Å². The minimum Gasteiger partial charge on any atom is -0.477 e. The van der Waals surface area contributed by atoms with E-state index in [1.54, 1.807) is 13.3 Å². The number of likely N-dealkylation sites (N-methyl/N-ethyl adjacent to an activating group) is 1. The Labute approximate surface area is 137 Å². The van der Waals surface area contributed by atoms with Crippen LogP contribution in [0.1, 0.15) is 24.8 Å². The molecule has 2 atom stereocenters. The molecule has 1 aromatic rings. The second-order valence-electron chi connectivity index (χ2n) is 6.52. The Kier molecular flexibility index (Phi) is 5.13. The molecular weight excluding hydrogens is 294 g/mol. The lowest BCUT2D eigenvalue weighted by Gasteiger charge is -2.18. The maximum absolute atomic E-state index is 12.3. The highest BCUT2D eigenvalue weighted by Gasteiger charge is 2.34. The Morgan fingerprint density at radius 1 is 1.48 bits per heavy atom. The number of hydrogen-bond acceptors (Lipinski definition) is 5. The summed E-state index contributed by atoms with van der Waals surface area (Å²) >= 11 is 0. The summed E-state index contributed by atoms with van der Waals surface area (Å²) in [5.74, 6) is 1.39. The first-order valence-corrected chi connectivity index (χ1v) is 8.24. The summed E-state index contributed by atoms with van der Waals surface area (Å²) in [5, 5.41) is 3.00. The zero-order valence-electron chi connectivity index (χ0n) is 13.8. The molecule has 0 spiro atoms. The average molecular weight is 319 g/mol. The molecule has 1 aliphatic carbocycles. The molecular formula is C17H25N3O3. The maximum atomic E-state index is 12.3. The van der Waals surface area contributed by atoms with Crippen LogP contribution in [0.4, 0.5) is 0 Å². The van der Waals surface area contributed by atoms with Gasteiger partial charge in [-0.15, -0.1) is 0 Å². The molecule has 0 radical (unpaired) electrons. The van der Waals surface area contributed by atoms with E-state index >= 15 is 0 Å². The second-order valence-corrected chi connectivity index (χ2v) is 6.52. The summed E-state index contributed by atoms with van der Waals surface area (Å²) in [5.41, 5.74) is 1.00. The Morgan fingerprint density at radius 3 is 3.00 bits per heavy atom. The molecule has 1 aromatic heterocycles. The van der Waals surface area contributed by atoms with Gasteiger partial charge < -0.3 is 14.8 Å². The maximum Gasteiger partial charge on any atom is 0.237 e. The van der Waals surface area contributed by atoms with E-state index in [-0.39, 0.29) is 18.1 Å². The Bertz CT molecular complexity index is 548. The minimum atomic E-state index is -0.118. The quantitative estimate of drug-likeness (QED) is 0.818. The van der Waals surface area contributed by atoms with Gasteiger partial charge in [0, 0.05) is 32.5 Å². The van der Waals surface area contributed by atoms with E-state index in [0.29, 0.717) is 18.3 Å². The number of carbonyl (C=O) groups is 1. The average Bonchev–Trinajstić information content (AvgIpc) is 3.32. The Balaban J connectivity index is 1.49. The summed E-state index contributed by atoms with van der Waals surface area (Å²) in [6.45, 7) is 2.03. The third-order valence-electron chi connectivity index (χ3n) is 4.58. The number of nitrogens with zero attached hydrogens (tertiary/aromatic N) is 2. The number of pyridine rings is 1. The van der Waals surface area contributed by atoms with Crippen LogP contribution >= 0.6 is 0 Å². The lowest BCUT2D eigenvalue weighted by atomic mass is 10.2. The molecule has 1 N–H and O–H groups in total. The van der Waals surface area contributed by atoms with E-state index in [4.69, 9.17) is 9.47 Å². The standard InChI is InChI=1S/C17H25N3O3/c1-20-10-14(22-2)8-15(20)17(21)19-9-13-5-6-18-16(7-13)23-11-12-3-4-12/h5-7,12,14-15H,3-4,8-11H2,1-2H3,(H,19,21)/t14-,15-/m0/s1. The highest BCUT2D eigenvalue weighted by molar-refractivity contribution is 5.82. The molecule has 0 bridgehead atoms. The molecule has 3 rings (SSSR count). The zero-order valence-corrected chi connectivity index (χ0v) is 13.8. The molecule has 2 heterocycles. The van der Waals surface area contributed by atoms with Gasteiger partial charge in [0.2, 0.25) is 11.8 Å². The van der Waals surface area contributed by atoms with Crippen molar-refractivity contribution in [3.63, 3.8) is 0 Å². The van der Waals surface area contributed by atoms with Crippen LogP contribution in [0.3, 0.4) is 0 Å². The number of ether oxygens (including phenoxy) is 2. The van der Waals surface area contributed by atoms with Gasteiger partial charge in [-0.1, -0.05) is 0 Å². The number of likely N-dealkylation sites (tertiary alicyclic amines) is 1. The fraction of sp³-hybridized carbons (Fsp3) is 0.647. The molecule has 1 saturated heterocycles. The van der Waals surface area contributed by atoms with E-state index in [0.717, 1.165) is 25.1 Å². The van der Waals surface area contributed by atoms with Gasteiger partial charge in [0.05, 0.1) is 18.8 Å². The van der Waals surface area contributed by atoms with Crippen LogP contribution in [0.2, 0.25) is 0 Å². The number of methoxy groups -OCH3 is 1. The van der Waals surface area contributed by atoms with Crippen LogP contribution in [-0.4, -0.2) is 55.2 Å². The van der Waals surface area contributed by atoms with Crippen molar-refractivity contribution >= 4 is 5.91 Å². The van der Waals surface area contributed by atoms with Gasteiger partial charge in [-0.3, -0.25) is 9.69 Å². The number of carbonyl (C=O) groups excluding carboxylic acids is 1. The fourth-order valence-corrected chi connectivity index (χ4v) is 2.86. The highest BCUT2D eigenvalue weighted by Crippen LogP contribution is 2.29. The third kappa shape index (κ3) is 4.42. The summed E-state index contributed by atoms with van der Waals surface area (Å²) in [6.07, 6.45) is 5.12. The van der Waals surface area contributed by atoms with Crippen molar-refractivity contribution in [3.8, 4) is 5.88 Å². The van der Waals surface area contributed by atoms with Crippen LogP contribution in [0.15, 0.2) is 18.3 Å². The van der Waals surface area contributed by atoms with Crippen LogP contribution < -0.4 is 10.1 Å². The van der Waals surface area contributed by atoms with Crippen LogP contribution in [0.25, 0.3) is 0 Å². The molecule has 0 unspecified atom stereocenters. The number of amides is 1. The van der Waals surface area contributed by atoms with Crippen LogP contribution in [0, 0.1) is 5.92 Å². The molecule has 23 heavy (non-hydrogen) atoms. The van der Waals surface area contributed by atoms with E-state index < -0.39 is 0 Å². The Hall–Kier alpha value is -1.66. The predicted molar refractivity (Wildman–Crippen MR) is 86.1 cm³/mol. The monoisotopic (exact) mass is 319 g/mol. The number of aromatic nitrogens is 1. The normalized spacial score (nSPS) is 24.6. The first-order valence-electron chi connectivity index (χ1n) is 8.24. The summed E-state index contributed by atoms with van der Waals surface area (Å²) in [4.78, 5) is 18.6. The molecule has 1 saturated carbocycles. The van der Waals surface area contributed by atoms with Crippen molar-refractivity contribution in [3.05, 3.63) is 23.9 Å². The van der Waals surface area contributed by atoms with Crippen molar-refractivity contribution in [2.24, 2.45) is 5.92 Å². The number of hydrogen-bond donors (Lipinski definition) is 1. The van der Waals surface area contributed by atoms with Gasteiger partial charge in [-0.05, 0) is 43.9 Å². The minimum absolute atomic E-state index is 0.0457. The van der Waals surface area contributed by atoms with Crippen molar-refractivity contribution in [1.29, 1.82) is 0 Å². The molecule has 1 aliphatic heterocycles. The SMILES string of the molecule is CO[C@H]1C[C@@H](C(=O)NCc2ccnc(OCC3CC3)c2)N(C)C1. The van der Waals surface area contributed by atoms with E-state index in [1.165, 1.54) is 12.8 Å². The predicted octanol–water partition coefficient (Wildman–Crippen LogP) is 1.21. The molecule has 126 valence electrons. The van der Waals surface area contributed by atoms with Gasteiger partial charge in [-0.25, -0.2) is 4.98 Å². The first kappa shape index (κ1) is 16.2. The van der Waals surface area contributed by atoms with Gasteiger partial charge >= 0.3 is 0 Å². The Morgan fingerprint density at radius 2 is 2.30 bits per heavy atom.